The molecule has 0 saturated heterocycles. The molecule has 22 heavy (non-hydrogen) atoms. The van der Waals surface area contributed by atoms with Gasteiger partial charge in [-0.25, -0.2) is 9.59 Å². The SMILES string of the molecule is O=C(NNc1ccccc1)N[C@H](Cc1ccccc1)C(=O)O. The average molecular weight is 299 g/mol. The van der Waals surface area contributed by atoms with Crippen LogP contribution in [0.3, 0.4) is 0 Å². The molecule has 6 heteroatoms. The second-order valence-corrected chi connectivity index (χ2v) is 4.67. The first-order chi connectivity index (χ1) is 10.6. The minimum atomic E-state index is -1.08. The van der Waals surface area contributed by atoms with Crippen molar-refractivity contribution in [3.8, 4) is 0 Å². The van der Waals surface area contributed by atoms with Crippen molar-refractivity contribution in [1.29, 1.82) is 0 Å². The van der Waals surface area contributed by atoms with Crippen molar-refractivity contribution in [2.75, 3.05) is 5.43 Å². The maximum Gasteiger partial charge on any atom is 0.334 e. The molecule has 0 bridgehead atoms. The number of carboxylic acids is 1. The summed E-state index contributed by atoms with van der Waals surface area (Å²) < 4.78 is 0. The van der Waals surface area contributed by atoms with Gasteiger partial charge in [0.15, 0.2) is 0 Å². The number of hydrogen-bond donors (Lipinski definition) is 4. The van der Waals surface area contributed by atoms with Crippen molar-refractivity contribution in [3.63, 3.8) is 0 Å². The summed E-state index contributed by atoms with van der Waals surface area (Å²) in [6.07, 6.45) is 0.217. The van der Waals surface area contributed by atoms with Crippen molar-refractivity contribution in [2.45, 2.75) is 12.5 Å². The molecule has 4 N–H and O–H groups in total. The average Bonchev–Trinajstić information content (AvgIpc) is 2.54. The van der Waals surface area contributed by atoms with E-state index in [9.17, 15) is 14.7 Å². The highest BCUT2D eigenvalue weighted by Crippen LogP contribution is 2.04. The Balaban J connectivity index is 1.88. The van der Waals surface area contributed by atoms with Gasteiger partial charge in [0.25, 0.3) is 0 Å². The highest BCUT2D eigenvalue weighted by Gasteiger charge is 2.20. The molecule has 0 aliphatic heterocycles. The normalized spacial score (nSPS) is 11.3. The molecule has 1 atom stereocenters. The van der Waals surface area contributed by atoms with Crippen LogP contribution in [0.25, 0.3) is 0 Å². The highest BCUT2D eigenvalue weighted by molar-refractivity contribution is 5.83. The zero-order chi connectivity index (χ0) is 15.8. The van der Waals surface area contributed by atoms with Crippen molar-refractivity contribution < 1.29 is 14.7 Å². The Labute approximate surface area is 128 Å². The van der Waals surface area contributed by atoms with Crippen molar-refractivity contribution in [3.05, 3.63) is 66.2 Å². The summed E-state index contributed by atoms with van der Waals surface area (Å²) in [5.74, 6) is -1.08. The molecule has 2 aromatic rings. The fraction of sp³-hybridized carbons (Fsp3) is 0.125. The number of carbonyl (C=O) groups excluding carboxylic acids is 1. The second kappa shape index (κ2) is 7.68. The Kier molecular flexibility index (Phi) is 5.37. The van der Waals surface area contributed by atoms with Gasteiger partial charge in [-0.3, -0.25) is 10.9 Å². The summed E-state index contributed by atoms with van der Waals surface area (Å²) in [6.45, 7) is 0. The number of nitrogens with one attached hydrogen (secondary N) is 3. The molecule has 2 aromatic carbocycles. The summed E-state index contributed by atoms with van der Waals surface area (Å²) in [6, 6.07) is 16.6. The third-order valence-electron chi connectivity index (χ3n) is 2.98. The number of aliphatic carboxylic acids is 1. The number of para-hydroxylation sites is 1. The number of benzene rings is 2. The first kappa shape index (κ1) is 15.4. The number of anilines is 1. The van der Waals surface area contributed by atoms with Crippen molar-refractivity contribution in [2.24, 2.45) is 0 Å². The molecule has 2 amide bonds. The van der Waals surface area contributed by atoms with E-state index in [4.69, 9.17) is 0 Å². The molecule has 0 saturated carbocycles. The number of carboxylic acid groups (broad SMARTS) is 1. The lowest BCUT2D eigenvalue weighted by atomic mass is 10.1. The Hall–Kier alpha value is -3.02. The van der Waals surface area contributed by atoms with Crippen LogP contribution in [0.4, 0.5) is 10.5 Å². The van der Waals surface area contributed by atoms with E-state index in [2.05, 4.69) is 16.2 Å². The Morgan fingerprint density at radius 1 is 0.955 bits per heavy atom. The first-order valence-corrected chi connectivity index (χ1v) is 6.79. The maximum absolute atomic E-state index is 11.8. The van der Waals surface area contributed by atoms with E-state index in [1.54, 1.807) is 12.1 Å². The van der Waals surface area contributed by atoms with E-state index in [0.29, 0.717) is 5.69 Å². The number of hydrogen-bond acceptors (Lipinski definition) is 3. The third kappa shape index (κ3) is 4.82. The van der Waals surface area contributed by atoms with Gasteiger partial charge in [0.1, 0.15) is 6.04 Å². The molecule has 0 aromatic heterocycles. The Bertz CT molecular complexity index is 617. The molecule has 0 aliphatic carbocycles. The van der Waals surface area contributed by atoms with Crippen LogP contribution in [0, 0.1) is 0 Å². The lowest BCUT2D eigenvalue weighted by molar-refractivity contribution is -0.139. The minimum Gasteiger partial charge on any atom is -0.480 e. The molecule has 0 unspecified atom stereocenters. The smallest absolute Gasteiger partial charge is 0.334 e. The lowest BCUT2D eigenvalue weighted by Gasteiger charge is -2.16. The standard InChI is InChI=1S/C16H17N3O3/c20-15(21)14(11-12-7-3-1-4-8-12)17-16(22)19-18-13-9-5-2-6-10-13/h1-10,14,18H,11H2,(H,20,21)(H2,17,19,22)/t14-/m1/s1. The monoisotopic (exact) mass is 299 g/mol. The van der Waals surface area contributed by atoms with E-state index >= 15 is 0 Å². The lowest BCUT2D eigenvalue weighted by Crippen LogP contribution is -2.48. The molecular formula is C16H17N3O3. The summed E-state index contributed by atoms with van der Waals surface area (Å²) in [5, 5.41) is 11.6. The van der Waals surface area contributed by atoms with Crippen LogP contribution in [0.1, 0.15) is 5.56 Å². The largest absolute Gasteiger partial charge is 0.480 e. The van der Waals surface area contributed by atoms with Crippen LogP contribution in [-0.2, 0) is 11.2 Å². The van der Waals surface area contributed by atoms with Gasteiger partial charge in [-0.1, -0.05) is 48.5 Å². The second-order valence-electron chi connectivity index (χ2n) is 4.67. The van der Waals surface area contributed by atoms with Gasteiger partial charge in [0.05, 0.1) is 5.69 Å². The fourth-order valence-electron chi connectivity index (χ4n) is 1.89. The number of carbonyl (C=O) groups is 2. The van der Waals surface area contributed by atoms with Gasteiger partial charge in [-0.15, -0.1) is 0 Å². The van der Waals surface area contributed by atoms with Crippen LogP contribution in [-0.4, -0.2) is 23.1 Å². The summed E-state index contributed by atoms with van der Waals surface area (Å²) in [4.78, 5) is 23.0. The molecule has 6 nitrogen and oxygen atoms in total. The van der Waals surface area contributed by atoms with E-state index in [1.807, 2.05) is 48.5 Å². The summed E-state index contributed by atoms with van der Waals surface area (Å²) in [5.41, 5.74) is 6.64. The van der Waals surface area contributed by atoms with Crippen LogP contribution < -0.4 is 16.2 Å². The van der Waals surface area contributed by atoms with E-state index < -0.39 is 18.0 Å². The summed E-state index contributed by atoms with van der Waals surface area (Å²) >= 11 is 0. The predicted octanol–water partition coefficient (Wildman–Crippen LogP) is 2.01. The topological polar surface area (TPSA) is 90.5 Å². The Morgan fingerprint density at radius 3 is 2.14 bits per heavy atom. The van der Waals surface area contributed by atoms with Gasteiger partial charge in [-0.2, -0.15) is 0 Å². The fourth-order valence-corrected chi connectivity index (χ4v) is 1.89. The maximum atomic E-state index is 11.8. The molecule has 0 radical (unpaired) electrons. The molecular weight excluding hydrogens is 282 g/mol. The number of hydrazine groups is 1. The molecule has 0 heterocycles. The van der Waals surface area contributed by atoms with E-state index in [1.165, 1.54) is 0 Å². The predicted molar refractivity (Wildman–Crippen MR) is 83.3 cm³/mol. The molecule has 2 rings (SSSR count). The van der Waals surface area contributed by atoms with Crippen LogP contribution in [0.15, 0.2) is 60.7 Å². The number of amides is 2. The van der Waals surface area contributed by atoms with Gasteiger partial charge >= 0.3 is 12.0 Å². The van der Waals surface area contributed by atoms with Crippen LogP contribution in [0.2, 0.25) is 0 Å². The quantitative estimate of drug-likeness (QED) is 0.614. The van der Waals surface area contributed by atoms with Crippen molar-refractivity contribution in [1.82, 2.24) is 10.7 Å². The van der Waals surface area contributed by atoms with Gasteiger partial charge in [-0.05, 0) is 17.7 Å². The van der Waals surface area contributed by atoms with Gasteiger partial charge in [0, 0.05) is 6.42 Å². The van der Waals surface area contributed by atoms with Crippen molar-refractivity contribution >= 4 is 17.7 Å². The number of rotatable bonds is 6. The molecule has 0 fully saturated rings. The van der Waals surface area contributed by atoms with Crippen LogP contribution >= 0.6 is 0 Å². The minimum absolute atomic E-state index is 0.217. The van der Waals surface area contributed by atoms with E-state index in [0.717, 1.165) is 5.56 Å². The molecule has 114 valence electrons. The van der Waals surface area contributed by atoms with Gasteiger partial charge < -0.3 is 10.4 Å². The zero-order valence-corrected chi connectivity index (χ0v) is 11.8. The molecule has 0 spiro atoms. The van der Waals surface area contributed by atoms with Gasteiger partial charge in [0.2, 0.25) is 0 Å². The number of urea groups is 1. The third-order valence-corrected chi connectivity index (χ3v) is 2.98. The molecule has 0 aliphatic rings. The van der Waals surface area contributed by atoms with E-state index in [-0.39, 0.29) is 6.42 Å². The van der Waals surface area contributed by atoms with Crippen LogP contribution in [0.5, 0.6) is 0 Å². The first-order valence-electron chi connectivity index (χ1n) is 6.79. The zero-order valence-electron chi connectivity index (χ0n) is 11.8. The summed E-state index contributed by atoms with van der Waals surface area (Å²) in [7, 11) is 0. The highest BCUT2D eigenvalue weighted by atomic mass is 16.4. The Morgan fingerprint density at radius 2 is 1.55 bits per heavy atom.